The topological polar surface area (TPSA) is 92.4 Å². The standard InChI is InChI=1S/C12H9FN2O4/c1-6-5-14-19-10(6)11(16)15-7-2-3-8(12(17)18)9(13)4-7/h2-5H,1H3,(H,15,16)(H,17,18). The van der Waals surface area contributed by atoms with Gasteiger partial charge in [-0.1, -0.05) is 5.16 Å². The predicted octanol–water partition coefficient (Wildman–Crippen LogP) is 2.07. The highest BCUT2D eigenvalue weighted by molar-refractivity contribution is 6.03. The van der Waals surface area contributed by atoms with E-state index in [4.69, 9.17) is 9.63 Å². The van der Waals surface area contributed by atoms with E-state index < -0.39 is 23.3 Å². The Morgan fingerprint density at radius 1 is 1.42 bits per heavy atom. The minimum absolute atomic E-state index is 0.0164. The number of hydrogen-bond acceptors (Lipinski definition) is 4. The van der Waals surface area contributed by atoms with Gasteiger partial charge in [0, 0.05) is 11.3 Å². The van der Waals surface area contributed by atoms with Crippen LogP contribution in [-0.2, 0) is 0 Å². The van der Waals surface area contributed by atoms with Crippen LogP contribution in [-0.4, -0.2) is 22.1 Å². The van der Waals surface area contributed by atoms with Gasteiger partial charge in [-0.3, -0.25) is 4.79 Å². The van der Waals surface area contributed by atoms with Crippen LogP contribution >= 0.6 is 0 Å². The number of aromatic nitrogens is 1. The lowest BCUT2D eigenvalue weighted by Gasteiger charge is -2.04. The molecule has 1 aromatic heterocycles. The first kappa shape index (κ1) is 12.7. The van der Waals surface area contributed by atoms with Gasteiger partial charge in [0.2, 0.25) is 5.76 Å². The van der Waals surface area contributed by atoms with Crippen molar-refractivity contribution < 1.29 is 23.6 Å². The number of aromatic carboxylic acids is 1. The Hall–Kier alpha value is -2.70. The van der Waals surface area contributed by atoms with Crippen LogP contribution in [0.15, 0.2) is 28.9 Å². The van der Waals surface area contributed by atoms with Crippen molar-refractivity contribution in [3.05, 3.63) is 47.1 Å². The summed E-state index contributed by atoms with van der Waals surface area (Å²) >= 11 is 0. The third-order valence-electron chi connectivity index (χ3n) is 2.41. The largest absolute Gasteiger partial charge is 0.478 e. The molecule has 98 valence electrons. The minimum atomic E-state index is -1.37. The van der Waals surface area contributed by atoms with Gasteiger partial charge in [0.05, 0.1) is 11.8 Å². The summed E-state index contributed by atoms with van der Waals surface area (Å²) < 4.78 is 18.1. The average Bonchev–Trinajstić information content (AvgIpc) is 2.75. The number of carboxylic acids is 1. The van der Waals surface area contributed by atoms with Crippen molar-refractivity contribution in [3.63, 3.8) is 0 Å². The summed E-state index contributed by atoms with van der Waals surface area (Å²) in [6, 6.07) is 3.28. The molecular weight excluding hydrogens is 255 g/mol. The van der Waals surface area contributed by atoms with E-state index in [1.807, 2.05) is 0 Å². The van der Waals surface area contributed by atoms with E-state index in [0.717, 1.165) is 12.1 Å². The summed E-state index contributed by atoms with van der Waals surface area (Å²) in [7, 11) is 0. The number of carbonyl (C=O) groups is 2. The van der Waals surface area contributed by atoms with E-state index in [9.17, 15) is 14.0 Å². The summed E-state index contributed by atoms with van der Waals surface area (Å²) in [5.41, 5.74) is 0.206. The van der Waals surface area contributed by atoms with Crippen LogP contribution in [0, 0.1) is 12.7 Å². The Morgan fingerprint density at radius 3 is 2.68 bits per heavy atom. The molecule has 0 saturated carbocycles. The number of halogens is 1. The highest BCUT2D eigenvalue weighted by atomic mass is 19.1. The molecule has 2 N–H and O–H groups in total. The van der Waals surface area contributed by atoms with Gasteiger partial charge in [0.15, 0.2) is 0 Å². The van der Waals surface area contributed by atoms with Crippen LogP contribution in [0.25, 0.3) is 0 Å². The summed E-state index contributed by atoms with van der Waals surface area (Å²) in [6.07, 6.45) is 1.38. The molecule has 0 radical (unpaired) electrons. The zero-order chi connectivity index (χ0) is 14.0. The summed E-state index contributed by atoms with van der Waals surface area (Å²) in [6.45, 7) is 1.64. The zero-order valence-corrected chi connectivity index (χ0v) is 9.81. The van der Waals surface area contributed by atoms with Gasteiger partial charge in [-0.25, -0.2) is 9.18 Å². The smallest absolute Gasteiger partial charge is 0.338 e. The molecule has 6 nitrogen and oxygen atoms in total. The zero-order valence-electron chi connectivity index (χ0n) is 9.81. The van der Waals surface area contributed by atoms with Crippen molar-refractivity contribution >= 4 is 17.6 Å². The number of hydrogen-bond donors (Lipinski definition) is 2. The monoisotopic (exact) mass is 264 g/mol. The number of nitrogens with zero attached hydrogens (tertiary/aromatic N) is 1. The second-order valence-electron chi connectivity index (χ2n) is 3.79. The SMILES string of the molecule is Cc1cnoc1C(=O)Nc1ccc(C(=O)O)c(F)c1. The fourth-order valence-corrected chi connectivity index (χ4v) is 1.46. The molecule has 1 heterocycles. The highest BCUT2D eigenvalue weighted by Gasteiger charge is 2.16. The predicted molar refractivity (Wildman–Crippen MR) is 62.6 cm³/mol. The second-order valence-corrected chi connectivity index (χ2v) is 3.79. The number of nitrogens with one attached hydrogen (secondary N) is 1. The number of amides is 1. The molecule has 0 fully saturated rings. The van der Waals surface area contributed by atoms with E-state index >= 15 is 0 Å². The number of carbonyl (C=O) groups excluding carboxylic acids is 1. The van der Waals surface area contributed by atoms with Crippen LogP contribution in [0.3, 0.4) is 0 Å². The highest BCUT2D eigenvalue weighted by Crippen LogP contribution is 2.16. The normalized spacial score (nSPS) is 10.2. The Balaban J connectivity index is 2.21. The van der Waals surface area contributed by atoms with E-state index in [1.54, 1.807) is 6.92 Å². The number of carboxylic acid groups (broad SMARTS) is 1. The van der Waals surface area contributed by atoms with Gasteiger partial charge in [-0.05, 0) is 25.1 Å². The molecule has 0 aliphatic rings. The van der Waals surface area contributed by atoms with Gasteiger partial charge >= 0.3 is 5.97 Å². The maximum Gasteiger partial charge on any atom is 0.338 e. The van der Waals surface area contributed by atoms with Crippen molar-refractivity contribution in [3.8, 4) is 0 Å². The maximum absolute atomic E-state index is 13.4. The Kier molecular flexibility index (Phi) is 3.28. The van der Waals surface area contributed by atoms with Crippen molar-refractivity contribution in [2.75, 3.05) is 5.32 Å². The molecule has 0 aliphatic carbocycles. The first-order valence-electron chi connectivity index (χ1n) is 5.24. The van der Waals surface area contributed by atoms with Crippen LogP contribution in [0.1, 0.15) is 26.5 Å². The first-order chi connectivity index (χ1) is 8.99. The average molecular weight is 264 g/mol. The number of anilines is 1. The quantitative estimate of drug-likeness (QED) is 0.885. The molecule has 19 heavy (non-hydrogen) atoms. The Morgan fingerprint density at radius 2 is 2.16 bits per heavy atom. The van der Waals surface area contributed by atoms with E-state index in [1.165, 1.54) is 12.3 Å². The molecule has 0 unspecified atom stereocenters. The summed E-state index contributed by atoms with van der Waals surface area (Å²) in [5, 5.41) is 14.5. The van der Waals surface area contributed by atoms with Crippen molar-refractivity contribution in [1.82, 2.24) is 5.16 Å². The van der Waals surface area contributed by atoms with Crippen molar-refractivity contribution in [2.24, 2.45) is 0 Å². The molecule has 1 amide bonds. The van der Waals surface area contributed by atoms with Crippen LogP contribution in [0.4, 0.5) is 10.1 Å². The number of aryl methyl sites for hydroxylation is 1. The first-order valence-corrected chi connectivity index (χ1v) is 5.24. The van der Waals surface area contributed by atoms with Crippen LogP contribution in [0.2, 0.25) is 0 Å². The lowest BCUT2D eigenvalue weighted by atomic mass is 10.2. The molecule has 1 aromatic carbocycles. The maximum atomic E-state index is 13.4. The summed E-state index contributed by atoms with van der Waals surface area (Å²) in [4.78, 5) is 22.4. The van der Waals surface area contributed by atoms with Crippen molar-refractivity contribution in [1.29, 1.82) is 0 Å². The Bertz CT molecular complexity index is 651. The lowest BCUT2D eigenvalue weighted by Crippen LogP contribution is -2.12. The van der Waals surface area contributed by atoms with Crippen LogP contribution < -0.4 is 5.32 Å². The van der Waals surface area contributed by atoms with Gasteiger partial charge in [0.1, 0.15) is 5.82 Å². The second kappa shape index (κ2) is 4.89. The number of rotatable bonds is 3. The molecule has 0 saturated heterocycles. The molecule has 2 aromatic rings. The molecule has 2 rings (SSSR count). The van der Waals surface area contributed by atoms with Gasteiger partial charge < -0.3 is 14.9 Å². The molecular formula is C12H9FN2O4. The van der Waals surface area contributed by atoms with Gasteiger partial charge in [-0.15, -0.1) is 0 Å². The minimum Gasteiger partial charge on any atom is -0.478 e. The molecule has 7 heteroatoms. The number of benzene rings is 1. The molecule has 0 spiro atoms. The summed E-state index contributed by atoms with van der Waals surface area (Å²) in [5.74, 6) is -2.87. The molecule has 0 bridgehead atoms. The van der Waals surface area contributed by atoms with Crippen molar-refractivity contribution in [2.45, 2.75) is 6.92 Å². The Labute approximate surface area is 106 Å². The molecule has 0 aliphatic heterocycles. The fraction of sp³-hybridized carbons (Fsp3) is 0.0833. The third-order valence-corrected chi connectivity index (χ3v) is 2.41. The lowest BCUT2D eigenvalue weighted by molar-refractivity contribution is 0.0692. The molecule has 0 atom stereocenters. The van der Waals surface area contributed by atoms with E-state index in [-0.39, 0.29) is 11.4 Å². The third kappa shape index (κ3) is 2.59. The van der Waals surface area contributed by atoms with E-state index in [2.05, 4.69) is 10.5 Å². The van der Waals surface area contributed by atoms with Crippen LogP contribution in [0.5, 0.6) is 0 Å². The van der Waals surface area contributed by atoms with Gasteiger partial charge in [0.25, 0.3) is 5.91 Å². The van der Waals surface area contributed by atoms with E-state index in [0.29, 0.717) is 5.56 Å². The van der Waals surface area contributed by atoms with Gasteiger partial charge in [-0.2, -0.15) is 0 Å². The fourth-order valence-electron chi connectivity index (χ4n) is 1.46.